The number of carbonyl (C=O) groups is 1. The summed E-state index contributed by atoms with van der Waals surface area (Å²) < 4.78 is 23.9. The third-order valence-corrected chi connectivity index (χ3v) is 4.60. The Kier molecular flexibility index (Phi) is 4.99. The van der Waals surface area contributed by atoms with Gasteiger partial charge < -0.3 is 0 Å². The second kappa shape index (κ2) is 7.03. The van der Waals surface area contributed by atoms with Crippen molar-refractivity contribution in [3.05, 3.63) is 70.7 Å². The number of benzene rings is 2. The number of hydrazone groups is 1. The van der Waals surface area contributed by atoms with Crippen molar-refractivity contribution in [3.63, 3.8) is 0 Å². The van der Waals surface area contributed by atoms with Crippen LogP contribution in [-0.2, 0) is 9.24 Å². The molecule has 9 heteroatoms. The molecule has 1 unspecified atom stereocenters. The van der Waals surface area contributed by atoms with Gasteiger partial charge in [-0.15, -0.1) is 0 Å². The van der Waals surface area contributed by atoms with Gasteiger partial charge in [0.1, 0.15) is 0 Å². The molecule has 3 rings (SSSR count). The minimum absolute atomic E-state index is 0.195. The predicted octanol–water partition coefficient (Wildman–Crippen LogP) is 3.34. The zero-order valence-corrected chi connectivity index (χ0v) is 15.1. The monoisotopic (exact) mass is 397 g/mol. The number of hydrogen-bond acceptors (Lipinski definition) is 4. The first-order chi connectivity index (χ1) is 11.8. The van der Waals surface area contributed by atoms with Crippen LogP contribution in [0.25, 0.3) is 0 Å². The third kappa shape index (κ3) is 4.31. The maximum absolute atomic E-state index is 12.1. The zero-order valence-electron chi connectivity index (χ0n) is 12.8. The van der Waals surface area contributed by atoms with Crippen molar-refractivity contribution in [3.8, 4) is 0 Å². The summed E-state index contributed by atoms with van der Waals surface area (Å²) in [6.07, 6.45) is 0. The standard InChI is InChI=1S/C16H13Cl2N3O3S/c17-13-8-6-12(7-9-13)15-14(11-4-2-1-3-5-11)10-21(19-15)16(22)20-25(18,23)24/h1-9,14H,10H2,(H,20,22). The molecule has 0 bridgehead atoms. The molecule has 2 aromatic rings. The molecule has 0 aliphatic carbocycles. The molecule has 1 heterocycles. The molecule has 0 spiro atoms. The van der Waals surface area contributed by atoms with Crippen LogP contribution in [0, 0.1) is 0 Å². The number of nitrogens with zero attached hydrogens (tertiary/aromatic N) is 2. The van der Waals surface area contributed by atoms with Gasteiger partial charge in [0.25, 0.3) is 0 Å². The summed E-state index contributed by atoms with van der Waals surface area (Å²) in [6.45, 7) is 0.195. The quantitative estimate of drug-likeness (QED) is 0.806. The SMILES string of the molecule is O=C(NS(=O)(=O)Cl)N1CC(c2ccccc2)C(c2ccc(Cl)cc2)=N1. The van der Waals surface area contributed by atoms with Gasteiger partial charge in [-0.05, 0) is 23.3 Å². The second-order valence-corrected chi connectivity index (χ2v) is 8.12. The molecule has 0 fully saturated rings. The van der Waals surface area contributed by atoms with Gasteiger partial charge in [0, 0.05) is 21.6 Å². The van der Waals surface area contributed by atoms with Gasteiger partial charge >= 0.3 is 15.3 Å². The smallest absolute Gasteiger partial charge is 0.245 e. The second-order valence-electron chi connectivity index (χ2n) is 5.38. The van der Waals surface area contributed by atoms with Crippen LogP contribution in [0.5, 0.6) is 0 Å². The highest BCUT2D eigenvalue weighted by Crippen LogP contribution is 2.29. The van der Waals surface area contributed by atoms with Crippen molar-refractivity contribution < 1.29 is 13.2 Å². The minimum atomic E-state index is -4.19. The topological polar surface area (TPSA) is 78.8 Å². The average molecular weight is 398 g/mol. The number of carbonyl (C=O) groups excluding carboxylic acids is 1. The van der Waals surface area contributed by atoms with E-state index in [4.69, 9.17) is 22.3 Å². The summed E-state index contributed by atoms with van der Waals surface area (Å²) >= 11 is 5.93. The molecule has 1 atom stereocenters. The van der Waals surface area contributed by atoms with E-state index in [0.717, 1.165) is 16.1 Å². The molecule has 25 heavy (non-hydrogen) atoms. The van der Waals surface area contributed by atoms with E-state index >= 15 is 0 Å². The number of hydrogen-bond donors (Lipinski definition) is 1. The van der Waals surface area contributed by atoms with Gasteiger partial charge in [0.2, 0.25) is 0 Å². The summed E-state index contributed by atoms with van der Waals surface area (Å²) in [6, 6.07) is 15.7. The Hall–Kier alpha value is -2.09. The first kappa shape index (κ1) is 17.7. The largest absolute Gasteiger partial charge is 0.352 e. The van der Waals surface area contributed by atoms with E-state index in [1.807, 2.05) is 30.3 Å². The number of amides is 2. The molecular formula is C16H13Cl2N3O3S. The molecule has 1 aliphatic rings. The maximum Gasteiger partial charge on any atom is 0.352 e. The lowest BCUT2D eigenvalue weighted by molar-refractivity contribution is 0.210. The van der Waals surface area contributed by atoms with E-state index in [2.05, 4.69) is 5.10 Å². The average Bonchev–Trinajstić information content (AvgIpc) is 3.00. The molecule has 130 valence electrons. The van der Waals surface area contributed by atoms with Crippen molar-refractivity contribution in [2.45, 2.75) is 5.92 Å². The first-order valence-electron chi connectivity index (χ1n) is 7.27. The molecule has 2 aromatic carbocycles. The number of halogens is 2. The van der Waals surface area contributed by atoms with E-state index in [0.29, 0.717) is 10.7 Å². The zero-order chi connectivity index (χ0) is 18.0. The fourth-order valence-electron chi connectivity index (χ4n) is 2.61. The minimum Gasteiger partial charge on any atom is -0.245 e. The fraction of sp³-hybridized carbons (Fsp3) is 0.125. The van der Waals surface area contributed by atoms with Crippen molar-refractivity contribution in [1.82, 2.24) is 9.73 Å². The van der Waals surface area contributed by atoms with E-state index in [1.165, 1.54) is 0 Å². The highest BCUT2D eigenvalue weighted by Gasteiger charge is 2.33. The summed E-state index contributed by atoms with van der Waals surface area (Å²) in [7, 11) is 0.895. The molecular weight excluding hydrogens is 385 g/mol. The van der Waals surface area contributed by atoms with Crippen LogP contribution in [0.1, 0.15) is 17.0 Å². The Morgan fingerprint density at radius 1 is 1.12 bits per heavy atom. The highest BCUT2D eigenvalue weighted by atomic mass is 35.7. The molecule has 0 aromatic heterocycles. The van der Waals surface area contributed by atoms with Crippen molar-refractivity contribution in [2.24, 2.45) is 5.10 Å². The molecule has 1 aliphatic heterocycles. The molecule has 2 amide bonds. The highest BCUT2D eigenvalue weighted by molar-refractivity contribution is 8.12. The first-order valence-corrected chi connectivity index (χ1v) is 9.95. The number of urea groups is 1. The molecule has 0 saturated heterocycles. The van der Waals surface area contributed by atoms with E-state index in [9.17, 15) is 13.2 Å². The normalized spacial score (nSPS) is 17.3. The van der Waals surface area contributed by atoms with Gasteiger partial charge in [-0.1, -0.05) is 54.1 Å². The van der Waals surface area contributed by atoms with Gasteiger partial charge in [0.05, 0.1) is 12.3 Å². The van der Waals surface area contributed by atoms with Gasteiger partial charge in [-0.25, -0.2) is 14.5 Å². The lowest BCUT2D eigenvalue weighted by atomic mass is 9.91. The van der Waals surface area contributed by atoms with Crippen molar-refractivity contribution in [1.29, 1.82) is 0 Å². The van der Waals surface area contributed by atoms with Crippen molar-refractivity contribution >= 4 is 43.3 Å². The van der Waals surface area contributed by atoms with Crippen LogP contribution in [0.3, 0.4) is 0 Å². The van der Waals surface area contributed by atoms with Gasteiger partial charge in [-0.2, -0.15) is 13.5 Å². The van der Waals surface area contributed by atoms with Crippen LogP contribution in [-0.4, -0.2) is 31.7 Å². The van der Waals surface area contributed by atoms with Crippen LogP contribution < -0.4 is 4.72 Å². The Morgan fingerprint density at radius 2 is 1.76 bits per heavy atom. The molecule has 6 nitrogen and oxygen atoms in total. The fourth-order valence-corrected chi connectivity index (χ4v) is 3.25. The Balaban J connectivity index is 1.97. The van der Waals surface area contributed by atoms with Crippen LogP contribution >= 0.6 is 22.3 Å². The van der Waals surface area contributed by atoms with E-state index in [-0.39, 0.29) is 12.5 Å². The molecule has 1 N–H and O–H groups in total. The lowest BCUT2D eigenvalue weighted by Crippen LogP contribution is -2.37. The summed E-state index contributed by atoms with van der Waals surface area (Å²) in [5.74, 6) is -0.203. The van der Waals surface area contributed by atoms with Gasteiger partial charge in [0.15, 0.2) is 0 Å². The van der Waals surface area contributed by atoms with E-state index in [1.54, 1.807) is 29.0 Å². The molecule has 0 saturated carbocycles. The predicted molar refractivity (Wildman–Crippen MR) is 97.2 cm³/mol. The van der Waals surface area contributed by atoms with E-state index < -0.39 is 15.3 Å². The Morgan fingerprint density at radius 3 is 2.36 bits per heavy atom. The van der Waals surface area contributed by atoms with Crippen LogP contribution in [0.15, 0.2) is 59.7 Å². The third-order valence-electron chi connectivity index (χ3n) is 3.70. The van der Waals surface area contributed by atoms with Crippen LogP contribution in [0.4, 0.5) is 4.79 Å². The summed E-state index contributed by atoms with van der Waals surface area (Å²) in [5.41, 5.74) is 2.40. The summed E-state index contributed by atoms with van der Waals surface area (Å²) in [4.78, 5) is 12.1. The van der Waals surface area contributed by atoms with Crippen molar-refractivity contribution in [2.75, 3.05) is 6.54 Å². The summed E-state index contributed by atoms with van der Waals surface area (Å²) in [5, 5.41) is 5.94. The maximum atomic E-state index is 12.1. The Bertz CT molecular complexity index is 915. The lowest BCUT2D eigenvalue weighted by Gasteiger charge is -2.15. The Labute approximate surface area is 154 Å². The molecule has 0 radical (unpaired) electrons. The van der Waals surface area contributed by atoms with Crippen LogP contribution in [0.2, 0.25) is 5.02 Å². The number of rotatable bonds is 3. The number of nitrogens with one attached hydrogen (secondary N) is 1. The van der Waals surface area contributed by atoms with Gasteiger partial charge in [-0.3, -0.25) is 0 Å².